The lowest BCUT2D eigenvalue weighted by molar-refractivity contribution is 0.589. The molecule has 1 aromatic carbocycles. The molecule has 1 unspecified atom stereocenters. The number of aryl methyl sites for hydroxylation is 2. The summed E-state index contributed by atoms with van der Waals surface area (Å²) in [5.41, 5.74) is 11.5. The van der Waals surface area contributed by atoms with Gasteiger partial charge in [0, 0.05) is 25.3 Å². The predicted molar refractivity (Wildman–Crippen MR) is 81.5 cm³/mol. The molecule has 0 spiro atoms. The molecule has 0 radical (unpaired) electrons. The van der Waals surface area contributed by atoms with Crippen molar-refractivity contribution in [3.63, 3.8) is 0 Å². The molecule has 0 heterocycles. The summed E-state index contributed by atoms with van der Waals surface area (Å²) in [6.07, 6.45) is 0. The zero-order chi connectivity index (χ0) is 14.1. The third-order valence-corrected chi connectivity index (χ3v) is 3.30. The Morgan fingerprint density at radius 3 is 1.94 bits per heavy atom. The van der Waals surface area contributed by atoms with Gasteiger partial charge in [0.05, 0.1) is 0 Å². The average Bonchev–Trinajstić information content (AvgIpc) is 2.13. The molecule has 0 aliphatic carbocycles. The molecule has 0 aliphatic rings. The standard InChI is InChI=1S/C16H28N2/c1-11-8-14(16(4,5)6)9-12(2)15(11)18(7)10-13(3)17/h8-9,13H,10,17H2,1-7H3. The second-order valence-electron chi connectivity index (χ2n) is 6.57. The second kappa shape index (κ2) is 5.31. The average molecular weight is 248 g/mol. The van der Waals surface area contributed by atoms with Crippen molar-refractivity contribution in [1.29, 1.82) is 0 Å². The van der Waals surface area contributed by atoms with Gasteiger partial charge in [0.15, 0.2) is 0 Å². The summed E-state index contributed by atoms with van der Waals surface area (Å²) < 4.78 is 0. The van der Waals surface area contributed by atoms with E-state index in [4.69, 9.17) is 5.73 Å². The minimum Gasteiger partial charge on any atom is -0.373 e. The SMILES string of the molecule is Cc1cc(C(C)(C)C)cc(C)c1N(C)CC(C)N. The highest BCUT2D eigenvalue weighted by Crippen LogP contribution is 2.31. The molecule has 0 saturated carbocycles. The van der Waals surface area contributed by atoms with E-state index in [0.29, 0.717) is 0 Å². The lowest BCUT2D eigenvalue weighted by Crippen LogP contribution is -2.33. The third kappa shape index (κ3) is 3.49. The topological polar surface area (TPSA) is 29.3 Å². The van der Waals surface area contributed by atoms with E-state index in [2.05, 4.69) is 58.7 Å². The van der Waals surface area contributed by atoms with Gasteiger partial charge in [-0.25, -0.2) is 0 Å². The fourth-order valence-corrected chi connectivity index (χ4v) is 2.51. The van der Waals surface area contributed by atoms with Crippen LogP contribution >= 0.6 is 0 Å². The van der Waals surface area contributed by atoms with Crippen molar-refractivity contribution in [1.82, 2.24) is 0 Å². The van der Waals surface area contributed by atoms with Crippen molar-refractivity contribution in [2.24, 2.45) is 5.73 Å². The Morgan fingerprint density at radius 1 is 1.17 bits per heavy atom. The third-order valence-electron chi connectivity index (χ3n) is 3.30. The molecule has 0 fully saturated rings. The smallest absolute Gasteiger partial charge is 0.0423 e. The number of hydrogen-bond acceptors (Lipinski definition) is 2. The van der Waals surface area contributed by atoms with E-state index >= 15 is 0 Å². The molecule has 1 aromatic rings. The van der Waals surface area contributed by atoms with Crippen LogP contribution in [0.25, 0.3) is 0 Å². The van der Waals surface area contributed by atoms with Crippen molar-refractivity contribution in [3.05, 3.63) is 28.8 Å². The van der Waals surface area contributed by atoms with Gasteiger partial charge in [-0.05, 0) is 42.9 Å². The van der Waals surface area contributed by atoms with Gasteiger partial charge >= 0.3 is 0 Å². The summed E-state index contributed by atoms with van der Waals surface area (Å²) in [5.74, 6) is 0. The van der Waals surface area contributed by atoms with Crippen LogP contribution in [0.3, 0.4) is 0 Å². The molecule has 1 rings (SSSR count). The van der Waals surface area contributed by atoms with E-state index < -0.39 is 0 Å². The Bertz CT molecular complexity index is 391. The minimum atomic E-state index is 0.191. The Hall–Kier alpha value is -1.02. The van der Waals surface area contributed by atoms with Crippen LogP contribution < -0.4 is 10.6 Å². The molecule has 18 heavy (non-hydrogen) atoms. The molecule has 0 aliphatic heterocycles. The van der Waals surface area contributed by atoms with Crippen LogP contribution in [0, 0.1) is 13.8 Å². The van der Waals surface area contributed by atoms with Gasteiger partial charge < -0.3 is 10.6 Å². The van der Waals surface area contributed by atoms with Gasteiger partial charge in [0.25, 0.3) is 0 Å². The summed E-state index contributed by atoms with van der Waals surface area (Å²) >= 11 is 0. The Labute approximate surface area is 112 Å². The van der Waals surface area contributed by atoms with Crippen molar-refractivity contribution in [2.75, 3.05) is 18.5 Å². The van der Waals surface area contributed by atoms with Crippen LogP contribution in [0.1, 0.15) is 44.4 Å². The first-order valence-electron chi connectivity index (χ1n) is 6.71. The van der Waals surface area contributed by atoms with Crippen molar-refractivity contribution in [2.45, 2.75) is 53.0 Å². The van der Waals surface area contributed by atoms with Crippen molar-refractivity contribution in [3.8, 4) is 0 Å². The Morgan fingerprint density at radius 2 is 1.61 bits per heavy atom. The molecular weight excluding hydrogens is 220 g/mol. The lowest BCUT2D eigenvalue weighted by Gasteiger charge is -2.28. The molecule has 2 nitrogen and oxygen atoms in total. The highest BCUT2D eigenvalue weighted by Gasteiger charge is 2.17. The molecule has 0 amide bonds. The summed E-state index contributed by atoms with van der Waals surface area (Å²) in [5, 5.41) is 0. The van der Waals surface area contributed by atoms with E-state index in [1.807, 2.05) is 6.92 Å². The lowest BCUT2D eigenvalue weighted by atomic mass is 9.84. The normalized spacial score (nSPS) is 13.6. The van der Waals surface area contributed by atoms with Gasteiger partial charge in [-0.2, -0.15) is 0 Å². The van der Waals surface area contributed by atoms with Crippen molar-refractivity contribution < 1.29 is 0 Å². The van der Waals surface area contributed by atoms with E-state index in [9.17, 15) is 0 Å². The molecule has 102 valence electrons. The number of nitrogens with two attached hydrogens (primary N) is 1. The van der Waals surface area contributed by atoms with E-state index in [0.717, 1.165) is 6.54 Å². The molecule has 0 saturated heterocycles. The zero-order valence-electron chi connectivity index (χ0n) is 13.0. The largest absolute Gasteiger partial charge is 0.373 e. The van der Waals surface area contributed by atoms with Crippen LogP contribution in [0.5, 0.6) is 0 Å². The number of benzene rings is 1. The summed E-state index contributed by atoms with van der Waals surface area (Å²) in [6.45, 7) is 14.1. The van der Waals surface area contributed by atoms with Gasteiger partial charge in [-0.1, -0.05) is 32.9 Å². The van der Waals surface area contributed by atoms with Crippen LogP contribution in [-0.4, -0.2) is 19.6 Å². The summed E-state index contributed by atoms with van der Waals surface area (Å²) in [6, 6.07) is 4.80. The van der Waals surface area contributed by atoms with Gasteiger partial charge in [0.1, 0.15) is 0 Å². The quantitative estimate of drug-likeness (QED) is 0.888. The zero-order valence-corrected chi connectivity index (χ0v) is 13.0. The van der Waals surface area contributed by atoms with Crippen LogP contribution in [0.15, 0.2) is 12.1 Å². The predicted octanol–water partition coefficient (Wildman–Crippen LogP) is 3.38. The fraction of sp³-hybridized carbons (Fsp3) is 0.625. The first kappa shape index (κ1) is 15.0. The summed E-state index contributed by atoms with van der Waals surface area (Å²) in [7, 11) is 2.12. The van der Waals surface area contributed by atoms with Gasteiger partial charge in [-0.3, -0.25) is 0 Å². The van der Waals surface area contributed by atoms with Crippen molar-refractivity contribution >= 4 is 5.69 Å². The van der Waals surface area contributed by atoms with E-state index in [-0.39, 0.29) is 11.5 Å². The maximum absolute atomic E-state index is 5.89. The molecule has 0 bridgehead atoms. The monoisotopic (exact) mass is 248 g/mol. The summed E-state index contributed by atoms with van der Waals surface area (Å²) in [4.78, 5) is 2.27. The first-order valence-corrected chi connectivity index (χ1v) is 6.71. The molecule has 1 atom stereocenters. The minimum absolute atomic E-state index is 0.191. The maximum atomic E-state index is 5.89. The van der Waals surface area contributed by atoms with Crippen LogP contribution in [-0.2, 0) is 5.41 Å². The number of nitrogens with zero attached hydrogens (tertiary/aromatic N) is 1. The van der Waals surface area contributed by atoms with Gasteiger partial charge in [0.2, 0.25) is 0 Å². The second-order valence-corrected chi connectivity index (χ2v) is 6.57. The number of rotatable bonds is 3. The maximum Gasteiger partial charge on any atom is 0.0423 e. The fourth-order valence-electron chi connectivity index (χ4n) is 2.51. The molecule has 2 N–H and O–H groups in total. The van der Waals surface area contributed by atoms with Crippen LogP contribution in [0.2, 0.25) is 0 Å². The molecular formula is C16H28N2. The number of anilines is 1. The first-order chi connectivity index (χ1) is 8.12. The van der Waals surface area contributed by atoms with E-state index in [1.54, 1.807) is 0 Å². The Balaban J connectivity index is 3.17. The molecule has 0 aromatic heterocycles. The Kier molecular flexibility index (Phi) is 4.44. The molecule has 2 heteroatoms. The highest BCUT2D eigenvalue weighted by molar-refractivity contribution is 5.60. The van der Waals surface area contributed by atoms with Gasteiger partial charge in [-0.15, -0.1) is 0 Å². The number of hydrogen-bond donors (Lipinski definition) is 1. The highest BCUT2D eigenvalue weighted by atomic mass is 15.1. The number of likely N-dealkylation sites (N-methyl/N-ethyl adjacent to an activating group) is 1. The van der Waals surface area contributed by atoms with E-state index in [1.165, 1.54) is 22.4 Å². The van der Waals surface area contributed by atoms with Crippen LogP contribution in [0.4, 0.5) is 5.69 Å².